The first-order valence-electron chi connectivity index (χ1n) is 14.9. The molecule has 210 valence electrons. The van der Waals surface area contributed by atoms with Crippen molar-refractivity contribution in [3.8, 4) is 22.4 Å². The van der Waals surface area contributed by atoms with Gasteiger partial charge in [0.05, 0.1) is 5.69 Å². The molecule has 8 rings (SSSR count). The van der Waals surface area contributed by atoms with Gasteiger partial charge in [0.25, 0.3) is 0 Å². The number of pyridine rings is 2. The lowest BCUT2D eigenvalue weighted by atomic mass is 10.0. The summed E-state index contributed by atoms with van der Waals surface area (Å²) in [5.74, 6) is 1.78. The Bertz CT molecular complexity index is 2120. The minimum Gasteiger partial charge on any atom is -0.456 e. The van der Waals surface area contributed by atoms with Crippen LogP contribution < -0.4 is 4.90 Å². The van der Waals surface area contributed by atoms with E-state index in [-0.39, 0.29) is 0 Å². The number of furan rings is 1. The number of fused-ring (bicyclic) bond motifs is 4. The molecule has 4 aromatic carbocycles. The van der Waals surface area contributed by atoms with Crippen LogP contribution in [0.5, 0.6) is 0 Å². The highest BCUT2D eigenvalue weighted by atomic mass is 16.3. The normalized spacial score (nSPS) is 15.2. The van der Waals surface area contributed by atoms with Crippen LogP contribution in [-0.2, 0) is 6.42 Å². The number of anilines is 2. The summed E-state index contributed by atoms with van der Waals surface area (Å²) in [5.41, 5.74) is 9.59. The average molecular weight is 568 g/mol. The van der Waals surface area contributed by atoms with Crippen LogP contribution >= 0.6 is 0 Å². The van der Waals surface area contributed by atoms with E-state index in [2.05, 4.69) is 120 Å². The Hall–Kier alpha value is -5.74. The second kappa shape index (κ2) is 11.2. The summed E-state index contributed by atoms with van der Waals surface area (Å²) >= 11 is 0. The van der Waals surface area contributed by atoms with E-state index in [1.807, 2.05) is 36.5 Å². The number of nitrogens with zero attached hydrogens (tertiary/aromatic N) is 3. The van der Waals surface area contributed by atoms with Crippen LogP contribution in [0.1, 0.15) is 11.1 Å². The Labute approximate surface area is 256 Å². The molecule has 0 saturated carbocycles. The molecule has 3 aromatic heterocycles. The van der Waals surface area contributed by atoms with Crippen LogP contribution in [0.25, 0.3) is 49.9 Å². The van der Waals surface area contributed by atoms with Crippen molar-refractivity contribution in [2.24, 2.45) is 0 Å². The Morgan fingerprint density at radius 3 is 2.25 bits per heavy atom. The van der Waals surface area contributed by atoms with Gasteiger partial charge in [0.15, 0.2) is 0 Å². The molecule has 7 aromatic rings. The van der Waals surface area contributed by atoms with Crippen molar-refractivity contribution >= 4 is 39.1 Å². The second-order valence-electron chi connectivity index (χ2n) is 11.0. The fourth-order valence-electron chi connectivity index (χ4n) is 6.02. The standard InChI is InChI=1S/C40H29N3O/c1-3-11-28(12-4-1)33-26-36(30-13-5-2-6-14-30)42-39(27-33)43-24-10-16-29(19-20-31-15-9-23-41-40(31)43)32-21-22-38-35(25-32)34-17-7-8-18-37(34)44-38/h1-19,21-23,25-27H,20,24H2/b16-10-,29-19+. The fourth-order valence-corrected chi connectivity index (χ4v) is 6.02. The zero-order valence-electron chi connectivity index (χ0n) is 24.1. The number of aromatic nitrogens is 2. The van der Waals surface area contributed by atoms with Gasteiger partial charge in [0.1, 0.15) is 22.8 Å². The molecule has 4 nitrogen and oxygen atoms in total. The maximum atomic E-state index is 6.09. The lowest BCUT2D eigenvalue weighted by Gasteiger charge is -2.24. The highest BCUT2D eigenvalue weighted by Crippen LogP contribution is 2.35. The van der Waals surface area contributed by atoms with Crippen molar-refractivity contribution in [2.45, 2.75) is 6.42 Å². The van der Waals surface area contributed by atoms with Crippen molar-refractivity contribution in [3.63, 3.8) is 0 Å². The highest BCUT2D eigenvalue weighted by molar-refractivity contribution is 6.06. The predicted molar refractivity (Wildman–Crippen MR) is 181 cm³/mol. The summed E-state index contributed by atoms with van der Waals surface area (Å²) < 4.78 is 6.09. The minimum absolute atomic E-state index is 0.623. The van der Waals surface area contributed by atoms with Gasteiger partial charge in [0, 0.05) is 29.1 Å². The number of hydrogen-bond acceptors (Lipinski definition) is 4. The predicted octanol–water partition coefficient (Wildman–Crippen LogP) is 10.0. The molecule has 0 saturated heterocycles. The van der Waals surface area contributed by atoms with E-state index in [0.717, 1.165) is 73.5 Å². The van der Waals surface area contributed by atoms with Gasteiger partial charge < -0.3 is 9.32 Å². The zero-order valence-corrected chi connectivity index (χ0v) is 24.1. The van der Waals surface area contributed by atoms with E-state index in [9.17, 15) is 0 Å². The van der Waals surface area contributed by atoms with Crippen molar-refractivity contribution < 1.29 is 4.42 Å². The molecule has 0 N–H and O–H groups in total. The molecule has 0 radical (unpaired) electrons. The number of hydrogen-bond donors (Lipinski definition) is 0. The van der Waals surface area contributed by atoms with Crippen LogP contribution in [-0.4, -0.2) is 16.5 Å². The molecule has 0 aliphatic carbocycles. The summed E-state index contributed by atoms with van der Waals surface area (Å²) in [7, 11) is 0. The molecule has 0 bridgehead atoms. The van der Waals surface area contributed by atoms with Crippen LogP contribution in [0.3, 0.4) is 0 Å². The zero-order chi connectivity index (χ0) is 29.3. The smallest absolute Gasteiger partial charge is 0.137 e. The lowest BCUT2D eigenvalue weighted by Crippen LogP contribution is -2.21. The van der Waals surface area contributed by atoms with Crippen molar-refractivity contribution in [3.05, 3.63) is 163 Å². The molecule has 4 heteroatoms. The molecule has 0 fully saturated rings. The third-order valence-electron chi connectivity index (χ3n) is 8.23. The molecule has 1 aliphatic rings. The van der Waals surface area contributed by atoms with Crippen molar-refractivity contribution in [2.75, 3.05) is 11.4 Å². The average Bonchev–Trinajstić information content (AvgIpc) is 3.50. The first kappa shape index (κ1) is 25.9. The molecule has 0 atom stereocenters. The molecule has 0 amide bonds. The van der Waals surface area contributed by atoms with Gasteiger partial charge in [-0.2, -0.15) is 0 Å². The summed E-state index contributed by atoms with van der Waals surface area (Å²) in [6, 6.07) is 44.1. The second-order valence-corrected chi connectivity index (χ2v) is 11.0. The number of rotatable bonds is 4. The molecule has 44 heavy (non-hydrogen) atoms. The summed E-state index contributed by atoms with van der Waals surface area (Å²) in [6.07, 6.45) is 9.35. The Kier molecular flexibility index (Phi) is 6.58. The van der Waals surface area contributed by atoms with E-state index in [4.69, 9.17) is 14.4 Å². The third kappa shape index (κ3) is 4.87. The van der Waals surface area contributed by atoms with Gasteiger partial charge in [-0.25, -0.2) is 9.97 Å². The Morgan fingerprint density at radius 1 is 0.614 bits per heavy atom. The minimum atomic E-state index is 0.623. The van der Waals surface area contributed by atoms with E-state index < -0.39 is 0 Å². The van der Waals surface area contributed by atoms with Gasteiger partial charge in [-0.05, 0) is 70.6 Å². The van der Waals surface area contributed by atoms with Crippen LogP contribution in [0.4, 0.5) is 11.6 Å². The topological polar surface area (TPSA) is 42.2 Å². The monoisotopic (exact) mass is 567 g/mol. The third-order valence-corrected chi connectivity index (χ3v) is 8.23. The molecular formula is C40H29N3O. The van der Waals surface area contributed by atoms with Crippen LogP contribution in [0.15, 0.2) is 156 Å². The molecule has 4 heterocycles. The quantitative estimate of drug-likeness (QED) is 0.212. The van der Waals surface area contributed by atoms with Crippen molar-refractivity contribution in [1.82, 2.24) is 9.97 Å². The first-order valence-corrected chi connectivity index (χ1v) is 14.9. The molecule has 0 spiro atoms. The van der Waals surface area contributed by atoms with E-state index in [1.165, 1.54) is 5.57 Å². The van der Waals surface area contributed by atoms with Crippen LogP contribution in [0, 0.1) is 0 Å². The molecule has 0 unspecified atom stereocenters. The fraction of sp³-hybridized carbons (Fsp3) is 0.0500. The van der Waals surface area contributed by atoms with Crippen molar-refractivity contribution in [1.29, 1.82) is 0 Å². The first-order chi connectivity index (χ1) is 21.8. The van der Waals surface area contributed by atoms with Gasteiger partial charge in [-0.15, -0.1) is 0 Å². The SMILES string of the molecule is C1=C\C(c2ccc3oc4ccccc4c3c2)=C/Cc2cccnc2N(c2cc(-c3ccccc3)cc(-c3ccccc3)n2)C/1. The lowest BCUT2D eigenvalue weighted by molar-refractivity contribution is 0.669. The summed E-state index contributed by atoms with van der Waals surface area (Å²) in [5, 5.41) is 2.27. The highest BCUT2D eigenvalue weighted by Gasteiger charge is 2.19. The van der Waals surface area contributed by atoms with Gasteiger partial charge in [-0.3, -0.25) is 0 Å². The number of para-hydroxylation sites is 1. The van der Waals surface area contributed by atoms with Gasteiger partial charge in [-0.1, -0.05) is 109 Å². The summed E-state index contributed by atoms with van der Waals surface area (Å²) in [4.78, 5) is 12.3. The van der Waals surface area contributed by atoms with Gasteiger partial charge in [0.2, 0.25) is 0 Å². The Balaban J connectivity index is 1.23. The van der Waals surface area contributed by atoms with E-state index >= 15 is 0 Å². The maximum absolute atomic E-state index is 6.09. The number of allylic oxidation sites excluding steroid dienone is 3. The summed E-state index contributed by atoms with van der Waals surface area (Å²) in [6.45, 7) is 0.623. The van der Waals surface area contributed by atoms with E-state index in [1.54, 1.807) is 0 Å². The largest absolute Gasteiger partial charge is 0.456 e. The van der Waals surface area contributed by atoms with Gasteiger partial charge >= 0.3 is 0 Å². The molecular weight excluding hydrogens is 538 g/mol. The number of benzene rings is 4. The molecule has 1 aliphatic heterocycles. The van der Waals surface area contributed by atoms with E-state index in [0.29, 0.717) is 6.54 Å². The van der Waals surface area contributed by atoms with Crippen LogP contribution in [0.2, 0.25) is 0 Å². The Morgan fingerprint density at radius 2 is 1.39 bits per heavy atom. The maximum Gasteiger partial charge on any atom is 0.137 e.